The molecule has 0 radical (unpaired) electrons. The smallest absolute Gasteiger partial charge is 0.111 e. The molecule has 3 atom stereocenters. The summed E-state index contributed by atoms with van der Waals surface area (Å²) in [6, 6.07) is 10.3. The molecule has 0 spiro atoms. The van der Waals surface area contributed by atoms with Crippen molar-refractivity contribution < 1.29 is 0 Å². The number of fused-ring (bicyclic) bond motifs is 2. The molecule has 0 amide bonds. The number of benzene rings is 1. The minimum atomic E-state index is 0.580. The van der Waals surface area contributed by atoms with Gasteiger partial charge in [0, 0.05) is 18.0 Å². The van der Waals surface area contributed by atoms with Gasteiger partial charge in [0.1, 0.15) is 5.82 Å². The number of nitrogens with one attached hydrogen (secondary N) is 2. The van der Waals surface area contributed by atoms with E-state index in [2.05, 4.69) is 46.5 Å². The third-order valence-corrected chi connectivity index (χ3v) is 5.05. The molecular formula is C18H23N3. The molecule has 3 unspecified atom stereocenters. The van der Waals surface area contributed by atoms with Crippen molar-refractivity contribution in [3.05, 3.63) is 41.9 Å². The lowest BCUT2D eigenvalue weighted by Gasteiger charge is -2.17. The molecule has 3 heteroatoms. The van der Waals surface area contributed by atoms with Crippen LogP contribution in [-0.4, -0.2) is 22.1 Å². The van der Waals surface area contributed by atoms with E-state index >= 15 is 0 Å². The number of hydrogen-bond donors (Lipinski definition) is 2. The van der Waals surface area contributed by atoms with E-state index < -0.39 is 0 Å². The molecule has 2 N–H and O–H groups in total. The Morgan fingerprint density at radius 2 is 2.05 bits per heavy atom. The first-order valence-electron chi connectivity index (χ1n) is 8.23. The van der Waals surface area contributed by atoms with Gasteiger partial charge in [-0.2, -0.15) is 0 Å². The largest absolute Gasteiger partial charge is 0.342 e. The third kappa shape index (κ3) is 2.40. The van der Waals surface area contributed by atoms with E-state index in [0.29, 0.717) is 12.0 Å². The second kappa shape index (κ2) is 5.30. The second-order valence-corrected chi connectivity index (χ2v) is 6.52. The normalized spacial score (nSPS) is 27.4. The molecule has 2 fully saturated rings. The molecule has 3 heterocycles. The van der Waals surface area contributed by atoms with Crippen LogP contribution in [0.2, 0.25) is 0 Å². The van der Waals surface area contributed by atoms with Crippen molar-refractivity contribution in [3.8, 4) is 11.3 Å². The van der Waals surface area contributed by atoms with Gasteiger partial charge in [-0.15, -0.1) is 0 Å². The zero-order valence-corrected chi connectivity index (χ0v) is 12.6. The molecule has 2 saturated heterocycles. The standard InChI is InChI=1S/C18H23N3/c1-2-3-12-4-6-13(7-5-12)17-11-19-18(21-17)15-10-14-8-9-16(15)20-14/h4-7,11,14-16,20H,2-3,8-10H2,1H3,(H,19,21). The molecule has 4 rings (SSSR count). The van der Waals surface area contributed by atoms with Crippen molar-refractivity contribution in [2.45, 2.75) is 57.0 Å². The van der Waals surface area contributed by atoms with Crippen molar-refractivity contribution in [2.24, 2.45) is 0 Å². The van der Waals surface area contributed by atoms with Crippen LogP contribution in [0.5, 0.6) is 0 Å². The fourth-order valence-corrected chi connectivity index (χ4v) is 3.94. The van der Waals surface area contributed by atoms with Crippen LogP contribution in [0.1, 0.15) is 49.9 Å². The van der Waals surface area contributed by atoms with Crippen molar-refractivity contribution in [3.63, 3.8) is 0 Å². The van der Waals surface area contributed by atoms with Gasteiger partial charge >= 0.3 is 0 Å². The Kier molecular flexibility index (Phi) is 3.30. The fraction of sp³-hybridized carbons (Fsp3) is 0.500. The number of H-pyrrole nitrogens is 1. The molecule has 2 aromatic rings. The van der Waals surface area contributed by atoms with Crippen LogP contribution < -0.4 is 5.32 Å². The van der Waals surface area contributed by atoms with Crippen LogP contribution in [0.4, 0.5) is 0 Å². The van der Waals surface area contributed by atoms with E-state index in [1.807, 2.05) is 6.20 Å². The number of rotatable bonds is 4. The summed E-state index contributed by atoms with van der Waals surface area (Å²) in [6.45, 7) is 2.22. The second-order valence-electron chi connectivity index (χ2n) is 6.52. The highest BCUT2D eigenvalue weighted by molar-refractivity contribution is 5.59. The van der Waals surface area contributed by atoms with Gasteiger partial charge < -0.3 is 10.3 Å². The zero-order chi connectivity index (χ0) is 14.2. The Balaban J connectivity index is 1.54. The molecule has 2 bridgehead atoms. The van der Waals surface area contributed by atoms with Crippen LogP contribution in [0.3, 0.4) is 0 Å². The van der Waals surface area contributed by atoms with Gasteiger partial charge in [-0.3, -0.25) is 0 Å². The Morgan fingerprint density at radius 3 is 2.71 bits per heavy atom. The van der Waals surface area contributed by atoms with Gasteiger partial charge in [0.25, 0.3) is 0 Å². The van der Waals surface area contributed by atoms with Gasteiger partial charge in [0.15, 0.2) is 0 Å². The Morgan fingerprint density at radius 1 is 1.19 bits per heavy atom. The summed E-state index contributed by atoms with van der Waals surface area (Å²) >= 11 is 0. The summed E-state index contributed by atoms with van der Waals surface area (Å²) in [5.41, 5.74) is 3.80. The molecule has 2 aliphatic rings. The maximum Gasteiger partial charge on any atom is 0.111 e. The lowest BCUT2D eigenvalue weighted by molar-refractivity contribution is 0.490. The Bertz CT molecular complexity index is 614. The van der Waals surface area contributed by atoms with Crippen LogP contribution in [0, 0.1) is 0 Å². The van der Waals surface area contributed by atoms with Crippen molar-refractivity contribution in [2.75, 3.05) is 0 Å². The third-order valence-electron chi connectivity index (χ3n) is 5.05. The summed E-state index contributed by atoms with van der Waals surface area (Å²) < 4.78 is 0. The molecule has 1 aromatic heterocycles. The minimum absolute atomic E-state index is 0.580. The van der Waals surface area contributed by atoms with Crippen molar-refractivity contribution in [1.29, 1.82) is 0 Å². The highest BCUT2D eigenvalue weighted by atomic mass is 15.1. The van der Waals surface area contributed by atoms with Crippen LogP contribution >= 0.6 is 0 Å². The number of aryl methyl sites for hydroxylation is 1. The maximum absolute atomic E-state index is 4.66. The number of aromatic nitrogens is 2. The lowest BCUT2D eigenvalue weighted by Crippen LogP contribution is -2.22. The number of aromatic amines is 1. The first-order valence-corrected chi connectivity index (χ1v) is 8.23. The predicted octanol–water partition coefficient (Wildman–Crippen LogP) is 3.64. The lowest BCUT2D eigenvalue weighted by atomic mass is 9.89. The van der Waals surface area contributed by atoms with Gasteiger partial charge in [0.05, 0.1) is 11.9 Å². The fourth-order valence-electron chi connectivity index (χ4n) is 3.94. The SMILES string of the molecule is CCCc1ccc(-c2cnc(C3CC4CCC3N4)[nH]2)cc1. The molecule has 21 heavy (non-hydrogen) atoms. The van der Waals surface area contributed by atoms with Gasteiger partial charge in [-0.05, 0) is 36.8 Å². The Hall–Kier alpha value is -1.61. The minimum Gasteiger partial charge on any atom is -0.342 e. The summed E-state index contributed by atoms with van der Waals surface area (Å²) in [4.78, 5) is 8.21. The van der Waals surface area contributed by atoms with E-state index in [4.69, 9.17) is 0 Å². The predicted molar refractivity (Wildman–Crippen MR) is 85.3 cm³/mol. The van der Waals surface area contributed by atoms with Crippen molar-refractivity contribution >= 4 is 0 Å². The van der Waals surface area contributed by atoms with Crippen molar-refractivity contribution in [1.82, 2.24) is 15.3 Å². The van der Waals surface area contributed by atoms with E-state index in [1.54, 1.807) is 0 Å². The first kappa shape index (κ1) is 13.1. The monoisotopic (exact) mass is 281 g/mol. The number of hydrogen-bond acceptors (Lipinski definition) is 2. The molecule has 1 aromatic carbocycles. The maximum atomic E-state index is 4.66. The van der Waals surface area contributed by atoms with Gasteiger partial charge in [-0.25, -0.2) is 4.98 Å². The highest BCUT2D eigenvalue weighted by Crippen LogP contribution is 2.39. The number of nitrogens with zero attached hydrogens (tertiary/aromatic N) is 1. The summed E-state index contributed by atoms with van der Waals surface area (Å²) in [7, 11) is 0. The molecule has 2 aliphatic heterocycles. The highest BCUT2D eigenvalue weighted by Gasteiger charge is 2.41. The molecule has 0 saturated carbocycles. The zero-order valence-electron chi connectivity index (χ0n) is 12.6. The average molecular weight is 281 g/mol. The Labute approximate surface area is 126 Å². The van der Waals surface area contributed by atoms with E-state index in [0.717, 1.165) is 18.2 Å². The van der Waals surface area contributed by atoms with Crippen LogP contribution in [0.25, 0.3) is 11.3 Å². The summed E-state index contributed by atoms with van der Waals surface area (Å²) in [5.74, 6) is 1.75. The van der Waals surface area contributed by atoms with E-state index in [1.165, 1.54) is 42.6 Å². The first-order chi connectivity index (χ1) is 10.3. The van der Waals surface area contributed by atoms with E-state index in [9.17, 15) is 0 Å². The average Bonchev–Trinajstić information content (AvgIpc) is 3.24. The van der Waals surface area contributed by atoms with Crippen LogP contribution in [-0.2, 0) is 6.42 Å². The van der Waals surface area contributed by atoms with Gasteiger partial charge in [0.2, 0.25) is 0 Å². The summed E-state index contributed by atoms with van der Waals surface area (Å²) in [5, 5.41) is 3.69. The van der Waals surface area contributed by atoms with Crippen LogP contribution in [0.15, 0.2) is 30.5 Å². The molecule has 110 valence electrons. The van der Waals surface area contributed by atoms with E-state index in [-0.39, 0.29) is 0 Å². The topological polar surface area (TPSA) is 40.7 Å². The summed E-state index contributed by atoms with van der Waals surface area (Å²) in [6.07, 6.45) is 8.24. The van der Waals surface area contributed by atoms with Gasteiger partial charge in [-0.1, -0.05) is 37.6 Å². The molecular weight excluding hydrogens is 258 g/mol. The molecule has 3 nitrogen and oxygen atoms in total. The number of imidazole rings is 1. The quantitative estimate of drug-likeness (QED) is 0.898. The molecule has 0 aliphatic carbocycles.